The Morgan fingerprint density at radius 3 is 2.41 bits per heavy atom. The molecule has 1 aliphatic heterocycles. The van der Waals surface area contributed by atoms with Crippen molar-refractivity contribution in [1.82, 2.24) is 4.90 Å². The van der Waals surface area contributed by atoms with Crippen LogP contribution in [-0.2, 0) is 11.0 Å². The molecule has 0 saturated carbocycles. The maximum absolute atomic E-state index is 12.6. The number of hydrogen-bond donors (Lipinski definition) is 1. The Morgan fingerprint density at radius 2 is 1.86 bits per heavy atom. The van der Waals surface area contributed by atoms with Gasteiger partial charge in [-0.15, -0.1) is 0 Å². The van der Waals surface area contributed by atoms with E-state index < -0.39 is 23.6 Å². The van der Waals surface area contributed by atoms with Crippen LogP contribution in [0.15, 0.2) is 24.3 Å². The third-order valence-electron chi connectivity index (χ3n) is 3.82. The number of rotatable bonds is 4. The maximum atomic E-state index is 12.6. The van der Waals surface area contributed by atoms with Gasteiger partial charge < -0.3 is 5.11 Å². The van der Waals surface area contributed by atoms with E-state index in [1.807, 2.05) is 0 Å². The highest BCUT2D eigenvalue weighted by Crippen LogP contribution is 2.29. The summed E-state index contributed by atoms with van der Waals surface area (Å²) in [6, 6.07) is 4.36. The number of alkyl halides is 3. The molecule has 7 heteroatoms. The van der Waals surface area contributed by atoms with E-state index in [1.165, 1.54) is 12.1 Å². The highest BCUT2D eigenvalue weighted by atomic mass is 19.4. The van der Waals surface area contributed by atoms with E-state index in [4.69, 9.17) is 5.11 Å². The Hall–Kier alpha value is -1.89. The third-order valence-corrected chi connectivity index (χ3v) is 3.82. The molecule has 0 aromatic heterocycles. The summed E-state index contributed by atoms with van der Waals surface area (Å²) in [5, 5.41) is 8.90. The fourth-order valence-electron chi connectivity index (χ4n) is 2.50. The van der Waals surface area contributed by atoms with Crippen molar-refractivity contribution in [3.63, 3.8) is 0 Å². The average molecular weight is 315 g/mol. The molecule has 1 aliphatic rings. The first kappa shape index (κ1) is 16.5. The fraction of sp³-hybridized carbons (Fsp3) is 0.467. The summed E-state index contributed by atoms with van der Waals surface area (Å²) in [4.78, 5) is 24.7. The lowest BCUT2D eigenvalue weighted by molar-refractivity contribution is -0.143. The van der Waals surface area contributed by atoms with Crippen molar-refractivity contribution in [3.8, 4) is 0 Å². The van der Waals surface area contributed by atoms with Crippen molar-refractivity contribution in [2.75, 3.05) is 19.6 Å². The summed E-state index contributed by atoms with van der Waals surface area (Å²) < 4.78 is 37.9. The molecule has 1 fully saturated rings. The van der Waals surface area contributed by atoms with E-state index in [-0.39, 0.29) is 17.9 Å². The molecule has 0 spiro atoms. The smallest absolute Gasteiger partial charge is 0.416 e. The first-order chi connectivity index (χ1) is 10.3. The SMILES string of the molecule is O=C(CN1CCC(C(=O)O)CC1)c1cccc(C(F)(F)F)c1. The minimum atomic E-state index is -4.48. The second-order valence-electron chi connectivity index (χ2n) is 5.39. The van der Waals surface area contributed by atoms with Crippen LogP contribution < -0.4 is 0 Å². The van der Waals surface area contributed by atoms with E-state index in [0.29, 0.717) is 25.9 Å². The molecular formula is C15H16F3NO3. The molecule has 0 atom stereocenters. The predicted molar refractivity (Wildman–Crippen MR) is 72.6 cm³/mol. The Balaban J connectivity index is 1.97. The molecule has 0 radical (unpaired) electrons. The molecule has 22 heavy (non-hydrogen) atoms. The maximum Gasteiger partial charge on any atom is 0.416 e. The number of ketones is 1. The Kier molecular flexibility index (Phi) is 4.85. The molecule has 1 saturated heterocycles. The van der Waals surface area contributed by atoms with Crippen LogP contribution in [0, 0.1) is 5.92 Å². The number of likely N-dealkylation sites (tertiary alicyclic amines) is 1. The van der Waals surface area contributed by atoms with Gasteiger partial charge in [0.1, 0.15) is 0 Å². The van der Waals surface area contributed by atoms with Crippen LogP contribution in [-0.4, -0.2) is 41.4 Å². The first-order valence-corrected chi connectivity index (χ1v) is 6.93. The molecule has 0 unspecified atom stereocenters. The number of carbonyl (C=O) groups is 2. The number of nitrogens with zero attached hydrogens (tertiary/aromatic N) is 1. The highest BCUT2D eigenvalue weighted by molar-refractivity contribution is 5.97. The fourth-order valence-corrected chi connectivity index (χ4v) is 2.50. The van der Waals surface area contributed by atoms with Crippen LogP contribution in [0.25, 0.3) is 0 Å². The monoisotopic (exact) mass is 315 g/mol. The van der Waals surface area contributed by atoms with Gasteiger partial charge in [-0.1, -0.05) is 12.1 Å². The van der Waals surface area contributed by atoms with Crippen LogP contribution in [0.1, 0.15) is 28.8 Å². The normalized spacial score (nSPS) is 17.4. The number of carboxylic acid groups (broad SMARTS) is 1. The minimum Gasteiger partial charge on any atom is -0.481 e. The third kappa shape index (κ3) is 4.07. The van der Waals surface area contributed by atoms with E-state index in [9.17, 15) is 22.8 Å². The topological polar surface area (TPSA) is 57.6 Å². The average Bonchev–Trinajstić information content (AvgIpc) is 2.47. The largest absolute Gasteiger partial charge is 0.481 e. The molecule has 1 N–H and O–H groups in total. The number of piperidine rings is 1. The number of carbonyl (C=O) groups excluding carboxylic acids is 1. The van der Waals surface area contributed by atoms with Gasteiger partial charge in [0.15, 0.2) is 5.78 Å². The van der Waals surface area contributed by atoms with Crippen LogP contribution >= 0.6 is 0 Å². The van der Waals surface area contributed by atoms with Gasteiger partial charge in [-0.05, 0) is 38.1 Å². The molecule has 1 aromatic carbocycles. The summed E-state index contributed by atoms with van der Waals surface area (Å²) in [6.45, 7) is 0.928. The number of benzene rings is 1. The quantitative estimate of drug-likeness (QED) is 0.868. The lowest BCUT2D eigenvalue weighted by atomic mass is 9.96. The van der Waals surface area contributed by atoms with E-state index >= 15 is 0 Å². The molecule has 1 heterocycles. The van der Waals surface area contributed by atoms with Gasteiger partial charge in [-0.25, -0.2) is 0 Å². The minimum absolute atomic E-state index is 0.00759. The van der Waals surface area contributed by atoms with Crippen molar-refractivity contribution in [1.29, 1.82) is 0 Å². The molecule has 4 nitrogen and oxygen atoms in total. The van der Waals surface area contributed by atoms with Crippen molar-refractivity contribution >= 4 is 11.8 Å². The zero-order valence-corrected chi connectivity index (χ0v) is 11.8. The predicted octanol–water partition coefficient (Wildman–Crippen LogP) is 2.68. The van der Waals surface area contributed by atoms with Gasteiger partial charge in [0.2, 0.25) is 0 Å². The van der Waals surface area contributed by atoms with Crippen LogP contribution in [0.5, 0.6) is 0 Å². The van der Waals surface area contributed by atoms with Crippen LogP contribution in [0.2, 0.25) is 0 Å². The van der Waals surface area contributed by atoms with E-state index in [2.05, 4.69) is 0 Å². The second-order valence-corrected chi connectivity index (χ2v) is 5.39. The van der Waals surface area contributed by atoms with Crippen LogP contribution in [0.4, 0.5) is 13.2 Å². The Bertz CT molecular complexity index is 563. The number of halogens is 3. The number of aliphatic carboxylic acids is 1. The standard InChI is InChI=1S/C15H16F3NO3/c16-15(17,18)12-3-1-2-11(8-12)13(20)9-19-6-4-10(5-7-19)14(21)22/h1-3,8,10H,4-7,9H2,(H,21,22). The van der Waals surface area contributed by atoms with Gasteiger partial charge in [0.05, 0.1) is 18.0 Å². The first-order valence-electron chi connectivity index (χ1n) is 6.93. The van der Waals surface area contributed by atoms with E-state index in [0.717, 1.165) is 12.1 Å². The van der Waals surface area contributed by atoms with Gasteiger partial charge >= 0.3 is 12.1 Å². The number of hydrogen-bond acceptors (Lipinski definition) is 3. The van der Waals surface area contributed by atoms with E-state index in [1.54, 1.807) is 4.90 Å². The molecule has 2 rings (SSSR count). The molecular weight excluding hydrogens is 299 g/mol. The van der Waals surface area contributed by atoms with Crippen molar-refractivity contribution in [2.45, 2.75) is 19.0 Å². The van der Waals surface area contributed by atoms with Crippen molar-refractivity contribution in [3.05, 3.63) is 35.4 Å². The molecule has 120 valence electrons. The molecule has 1 aromatic rings. The van der Waals surface area contributed by atoms with Gasteiger partial charge in [0, 0.05) is 5.56 Å². The summed E-state index contributed by atoms with van der Waals surface area (Å²) in [5.41, 5.74) is -0.821. The summed E-state index contributed by atoms with van der Waals surface area (Å²) in [6.07, 6.45) is -3.58. The van der Waals surface area contributed by atoms with Gasteiger partial charge in [-0.3, -0.25) is 14.5 Å². The molecule has 0 aliphatic carbocycles. The van der Waals surface area contributed by atoms with Crippen molar-refractivity contribution in [2.24, 2.45) is 5.92 Å². The lowest BCUT2D eigenvalue weighted by Gasteiger charge is -2.29. The zero-order chi connectivity index (χ0) is 16.3. The zero-order valence-electron chi connectivity index (χ0n) is 11.8. The van der Waals surface area contributed by atoms with Gasteiger partial charge in [-0.2, -0.15) is 13.2 Å². The summed E-state index contributed by atoms with van der Waals surface area (Å²) in [7, 11) is 0. The second kappa shape index (κ2) is 6.48. The molecule has 0 amide bonds. The van der Waals surface area contributed by atoms with Crippen molar-refractivity contribution < 1.29 is 27.9 Å². The number of carboxylic acids is 1. The van der Waals surface area contributed by atoms with Crippen LogP contribution in [0.3, 0.4) is 0 Å². The van der Waals surface area contributed by atoms with Gasteiger partial charge in [0.25, 0.3) is 0 Å². The summed E-state index contributed by atoms with van der Waals surface area (Å²) in [5.74, 6) is -1.64. The summed E-state index contributed by atoms with van der Waals surface area (Å²) >= 11 is 0. The lowest BCUT2D eigenvalue weighted by Crippen LogP contribution is -2.39. The Labute approximate surface area is 125 Å². The molecule has 0 bridgehead atoms. The number of Topliss-reactive ketones (excluding diaryl/α,β-unsaturated/α-hetero) is 1. The highest BCUT2D eigenvalue weighted by Gasteiger charge is 2.31. The Morgan fingerprint density at radius 1 is 1.23 bits per heavy atom.